The summed E-state index contributed by atoms with van der Waals surface area (Å²) in [5.74, 6) is -0.915. The lowest BCUT2D eigenvalue weighted by Crippen LogP contribution is -2.34. The van der Waals surface area contributed by atoms with Gasteiger partial charge in [0.2, 0.25) is 0 Å². The monoisotopic (exact) mass is 297 g/mol. The van der Waals surface area contributed by atoms with Crippen molar-refractivity contribution < 1.29 is 9.90 Å². The third-order valence-corrected chi connectivity index (χ3v) is 4.22. The molecule has 0 spiro atoms. The van der Waals surface area contributed by atoms with Gasteiger partial charge in [0.1, 0.15) is 0 Å². The second-order valence-electron chi connectivity index (χ2n) is 5.73. The van der Waals surface area contributed by atoms with E-state index in [1.54, 1.807) is 36.7 Å². The van der Waals surface area contributed by atoms with E-state index in [0.29, 0.717) is 0 Å². The Morgan fingerprint density at radius 2 is 1.95 bits per heavy atom. The number of hydrogen-bond acceptors (Lipinski definition) is 4. The van der Waals surface area contributed by atoms with Crippen LogP contribution in [-0.2, 0) is 0 Å². The van der Waals surface area contributed by atoms with Gasteiger partial charge in [0.25, 0.3) is 0 Å². The van der Waals surface area contributed by atoms with Crippen LogP contribution in [0.2, 0.25) is 0 Å². The first-order chi connectivity index (χ1) is 10.6. The molecule has 1 aliphatic rings. The molecule has 0 amide bonds. The highest BCUT2D eigenvalue weighted by molar-refractivity contribution is 5.88. The van der Waals surface area contributed by atoms with Gasteiger partial charge in [0.05, 0.1) is 11.3 Å². The van der Waals surface area contributed by atoms with Crippen LogP contribution in [0.5, 0.6) is 0 Å². The van der Waals surface area contributed by atoms with Crippen LogP contribution in [0.3, 0.4) is 0 Å². The largest absolute Gasteiger partial charge is 0.478 e. The van der Waals surface area contributed by atoms with Gasteiger partial charge in [0, 0.05) is 30.0 Å². The Morgan fingerprint density at radius 1 is 1.23 bits per heavy atom. The Bertz CT molecular complexity index is 679. The van der Waals surface area contributed by atoms with Gasteiger partial charge in [-0.15, -0.1) is 0 Å². The predicted molar refractivity (Wildman–Crippen MR) is 86.1 cm³/mol. The first-order valence-corrected chi connectivity index (χ1v) is 7.33. The summed E-state index contributed by atoms with van der Waals surface area (Å²) in [4.78, 5) is 15.2. The molecule has 22 heavy (non-hydrogen) atoms. The Balaban J connectivity index is 1.74. The number of carboxylic acids is 1. The molecular formula is C17H19N3O2. The van der Waals surface area contributed by atoms with Crippen LogP contribution in [0.15, 0.2) is 42.7 Å². The molecule has 3 rings (SSSR count). The van der Waals surface area contributed by atoms with Gasteiger partial charge in [-0.3, -0.25) is 4.98 Å². The fourth-order valence-corrected chi connectivity index (χ4v) is 2.44. The molecule has 0 atom stereocenters. The molecule has 1 aromatic carbocycles. The molecule has 2 aromatic rings. The summed E-state index contributed by atoms with van der Waals surface area (Å²) in [5.41, 5.74) is 3.42. The molecule has 0 bridgehead atoms. The fraction of sp³-hybridized carbons (Fsp3) is 0.294. The highest BCUT2D eigenvalue weighted by Crippen LogP contribution is 2.35. The van der Waals surface area contributed by atoms with E-state index in [4.69, 9.17) is 5.11 Å². The van der Waals surface area contributed by atoms with Gasteiger partial charge in [-0.1, -0.05) is 12.1 Å². The maximum Gasteiger partial charge on any atom is 0.335 e. The van der Waals surface area contributed by atoms with Crippen LogP contribution in [0.1, 0.15) is 23.2 Å². The van der Waals surface area contributed by atoms with Crippen molar-refractivity contribution in [3.8, 4) is 11.1 Å². The zero-order valence-electron chi connectivity index (χ0n) is 12.5. The van der Waals surface area contributed by atoms with Crippen LogP contribution in [0, 0.1) is 0 Å². The van der Waals surface area contributed by atoms with E-state index in [2.05, 4.69) is 15.6 Å². The number of likely N-dealkylation sites (N-methyl/N-ethyl adjacent to an activating group) is 1. The number of pyridine rings is 1. The van der Waals surface area contributed by atoms with Crippen LogP contribution >= 0.6 is 0 Å². The highest BCUT2D eigenvalue weighted by Gasteiger charge is 2.40. The maximum atomic E-state index is 10.9. The SMILES string of the molecule is CNC1(CNc2cncc(-c3ccc(C(=O)O)cc3)c2)CC1. The molecule has 1 fully saturated rings. The molecule has 1 heterocycles. The molecular weight excluding hydrogens is 278 g/mol. The van der Waals surface area contributed by atoms with Crippen LogP contribution in [0.25, 0.3) is 11.1 Å². The van der Waals surface area contributed by atoms with E-state index in [-0.39, 0.29) is 11.1 Å². The van der Waals surface area contributed by atoms with Crippen molar-refractivity contribution in [2.45, 2.75) is 18.4 Å². The molecule has 114 valence electrons. The minimum absolute atomic E-state index is 0.235. The summed E-state index contributed by atoms with van der Waals surface area (Å²) in [7, 11) is 1.99. The summed E-state index contributed by atoms with van der Waals surface area (Å²) in [6, 6.07) is 8.87. The van der Waals surface area contributed by atoms with E-state index in [0.717, 1.165) is 23.4 Å². The average molecular weight is 297 g/mol. The molecule has 3 N–H and O–H groups in total. The van der Waals surface area contributed by atoms with Gasteiger partial charge in [-0.25, -0.2) is 4.79 Å². The smallest absolute Gasteiger partial charge is 0.335 e. The summed E-state index contributed by atoms with van der Waals surface area (Å²) < 4.78 is 0. The number of carbonyl (C=O) groups is 1. The molecule has 0 aliphatic heterocycles. The van der Waals surface area contributed by atoms with Crippen molar-refractivity contribution in [3.05, 3.63) is 48.3 Å². The van der Waals surface area contributed by atoms with Gasteiger partial charge in [-0.05, 0) is 43.7 Å². The van der Waals surface area contributed by atoms with Gasteiger partial charge in [-0.2, -0.15) is 0 Å². The Kier molecular flexibility index (Phi) is 3.81. The third-order valence-electron chi connectivity index (χ3n) is 4.22. The average Bonchev–Trinajstić information content (AvgIpc) is 3.34. The van der Waals surface area contributed by atoms with Crippen molar-refractivity contribution in [3.63, 3.8) is 0 Å². The lowest BCUT2D eigenvalue weighted by Gasteiger charge is -2.16. The number of rotatable bonds is 6. The number of anilines is 1. The Labute approximate surface area is 129 Å². The molecule has 0 unspecified atom stereocenters. The molecule has 5 heteroatoms. The normalized spacial score (nSPS) is 15.3. The molecule has 5 nitrogen and oxygen atoms in total. The number of aromatic nitrogens is 1. The molecule has 0 saturated heterocycles. The number of carboxylic acid groups (broad SMARTS) is 1. The quantitative estimate of drug-likeness (QED) is 0.764. The summed E-state index contributed by atoms with van der Waals surface area (Å²) in [6.45, 7) is 0.882. The minimum atomic E-state index is -0.915. The number of benzene rings is 1. The number of nitrogens with zero attached hydrogens (tertiary/aromatic N) is 1. The van der Waals surface area contributed by atoms with Crippen molar-refractivity contribution in [1.82, 2.24) is 10.3 Å². The van der Waals surface area contributed by atoms with Crippen molar-refractivity contribution in [1.29, 1.82) is 0 Å². The second-order valence-corrected chi connectivity index (χ2v) is 5.73. The zero-order chi connectivity index (χ0) is 15.6. The standard InChI is InChI=1S/C17H19N3O2/c1-18-17(6-7-17)11-20-15-8-14(9-19-10-15)12-2-4-13(5-3-12)16(21)22/h2-5,8-10,18,20H,6-7,11H2,1H3,(H,21,22). The lowest BCUT2D eigenvalue weighted by atomic mass is 10.1. The fourth-order valence-electron chi connectivity index (χ4n) is 2.44. The van der Waals surface area contributed by atoms with Crippen LogP contribution in [-0.4, -0.2) is 35.2 Å². The topological polar surface area (TPSA) is 74.2 Å². The zero-order valence-corrected chi connectivity index (χ0v) is 12.5. The predicted octanol–water partition coefficient (Wildman–Crippen LogP) is 2.61. The third kappa shape index (κ3) is 3.09. The van der Waals surface area contributed by atoms with E-state index >= 15 is 0 Å². The highest BCUT2D eigenvalue weighted by atomic mass is 16.4. The summed E-state index contributed by atoms with van der Waals surface area (Å²) >= 11 is 0. The molecule has 1 aliphatic carbocycles. The molecule has 1 aromatic heterocycles. The van der Waals surface area contributed by atoms with Gasteiger partial charge in [0.15, 0.2) is 0 Å². The number of nitrogens with one attached hydrogen (secondary N) is 2. The summed E-state index contributed by atoms with van der Waals surface area (Å²) in [5, 5.41) is 15.7. The summed E-state index contributed by atoms with van der Waals surface area (Å²) in [6.07, 6.45) is 5.98. The van der Waals surface area contributed by atoms with E-state index in [9.17, 15) is 4.79 Å². The minimum Gasteiger partial charge on any atom is -0.478 e. The van der Waals surface area contributed by atoms with E-state index < -0.39 is 5.97 Å². The van der Waals surface area contributed by atoms with E-state index in [1.165, 1.54) is 12.8 Å². The second kappa shape index (κ2) is 5.77. The van der Waals surface area contributed by atoms with Gasteiger partial charge >= 0.3 is 5.97 Å². The van der Waals surface area contributed by atoms with Crippen molar-refractivity contribution in [2.75, 3.05) is 18.9 Å². The Hall–Kier alpha value is -2.40. The van der Waals surface area contributed by atoms with E-state index in [1.807, 2.05) is 13.1 Å². The number of aromatic carboxylic acids is 1. The Morgan fingerprint density at radius 3 is 2.55 bits per heavy atom. The van der Waals surface area contributed by atoms with Gasteiger partial charge < -0.3 is 15.7 Å². The maximum absolute atomic E-state index is 10.9. The first-order valence-electron chi connectivity index (χ1n) is 7.33. The molecule has 1 saturated carbocycles. The van der Waals surface area contributed by atoms with Crippen molar-refractivity contribution in [2.24, 2.45) is 0 Å². The van der Waals surface area contributed by atoms with Crippen molar-refractivity contribution >= 4 is 11.7 Å². The van der Waals surface area contributed by atoms with Crippen LogP contribution in [0.4, 0.5) is 5.69 Å². The first kappa shape index (κ1) is 14.5. The number of hydrogen-bond donors (Lipinski definition) is 3. The molecule has 0 radical (unpaired) electrons. The van der Waals surface area contributed by atoms with Crippen LogP contribution < -0.4 is 10.6 Å². The lowest BCUT2D eigenvalue weighted by molar-refractivity contribution is 0.0697.